The summed E-state index contributed by atoms with van der Waals surface area (Å²) in [7, 11) is 0. The molecule has 0 aliphatic carbocycles. The van der Waals surface area contributed by atoms with Crippen LogP contribution in [-0.4, -0.2) is 11.2 Å². The zero-order valence-corrected chi connectivity index (χ0v) is 8.67. The number of aliphatic hydroxyl groups excluding tert-OH is 1. The maximum absolute atomic E-state index is 12.2. The molecule has 0 saturated carbocycles. The summed E-state index contributed by atoms with van der Waals surface area (Å²) < 4.78 is 36.7. The van der Waals surface area contributed by atoms with Crippen LogP contribution in [0.1, 0.15) is 17.5 Å². The lowest BCUT2D eigenvalue weighted by atomic mass is 10.0. The number of hydrogen-bond acceptors (Lipinski definition) is 1. The van der Waals surface area contributed by atoms with Crippen LogP contribution < -0.4 is 0 Å². The van der Waals surface area contributed by atoms with Crippen LogP contribution in [0.2, 0.25) is 0 Å². The Labute approximate surface area is 92.2 Å². The molecule has 1 nitrogen and oxygen atoms in total. The first kappa shape index (κ1) is 12.8. The number of aliphatic hydroxyl groups is 1. The van der Waals surface area contributed by atoms with Gasteiger partial charge in [-0.3, -0.25) is 0 Å². The van der Waals surface area contributed by atoms with Crippen molar-refractivity contribution in [2.75, 3.05) is 0 Å². The highest BCUT2D eigenvalue weighted by molar-refractivity contribution is 5.25. The van der Waals surface area contributed by atoms with Crippen molar-refractivity contribution in [3.05, 3.63) is 48.0 Å². The summed E-state index contributed by atoms with van der Waals surface area (Å²) in [6, 6.07) is 4.82. The number of rotatable bonds is 4. The molecule has 0 saturated heterocycles. The Kier molecular flexibility index (Phi) is 4.12. The van der Waals surface area contributed by atoms with Gasteiger partial charge in [0.1, 0.15) is 0 Å². The highest BCUT2D eigenvalue weighted by Gasteiger charge is 2.29. The number of alkyl halides is 3. The molecule has 88 valence electrons. The van der Waals surface area contributed by atoms with Gasteiger partial charge in [0.05, 0.1) is 11.7 Å². The second-order valence-corrected chi connectivity index (χ2v) is 3.58. The topological polar surface area (TPSA) is 20.2 Å². The zero-order valence-electron chi connectivity index (χ0n) is 8.67. The van der Waals surface area contributed by atoms with E-state index in [0.29, 0.717) is 18.4 Å². The molecule has 1 rings (SSSR count). The highest BCUT2D eigenvalue weighted by atomic mass is 19.4. The number of benzene rings is 1. The van der Waals surface area contributed by atoms with E-state index in [0.717, 1.165) is 12.1 Å². The molecule has 16 heavy (non-hydrogen) atoms. The predicted octanol–water partition coefficient (Wildman–Crippen LogP) is 3.18. The fourth-order valence-corrected chi connectivity index (χ4v) is 1.38. The van der Waals surface area contributed by atoms with Crippen LogP contribution >= 0.6 is 0 Å². The lowest BCUT2D eigenvalue weighted by Crippen LogP contribution is -2.09. The van der Waals surface area contributed by atoms with Crippen LogP contribution in [0.25, 0.3) is 0 Å². The number of halogens is 3. The van der Waals surface area contributed by atoms with Crippen molar-refractivity contribution in [3.8, 4) is 0 Å². The van der Waals surface area contributed by atoms with Gasteiger partial charge in [-0.25, -0.2) is 0 Å². The molecule has 1 atom stereocenters. The molecule has 1 N–H and O–H groups in total. The molecule has 0 bridgehead atoms. The van der Waals surface area contributed by atoms with Crippen molar-refractivity contribution >= 4 is 0 Å². The van der Waals surface area contributed by atoms with Gasteiger partial charge in [0.25, 0.3) is 0 Å². The van der Waals surface area contributed by atoms with Gasteiger partial charge in [-0.1, -0.05) is 18.2 Å². The van der Waals surface area contributed by atoms with Gasteiger partial charge in [0, 0.05) is 0 Å². The summed E-state index contributed by atoms with van der Waals surface area (Å²) in [5.41, 5.74) is 0.0109. The zero-order chi connectivity index (χ0) is 12.2. The van der Waals surface area contributed by atoms with Gasteiger partial charge < -0.3 is 5.11 Å². The van der Waals surface area contributed by atoms with Gasteiger partial charge in [-0.05, 0) is 30.5 Å². The fourth-order valence-electron chi connectivity index (χ4n) is 1.38. The third-order valence-electron chi connectivity index (χ3n) is 2.19. The monoisotopic (exact) mass is 230 g/mol. The molecule has 4 heteroatoms. The molecule has 0 aromatic heterocycles. The molecule has 1 aromatic rings. The van der Waals surface area contributed by atoms with Crippen LogP contribution in [0.4, 0.5) is 13.2 Å². The van der Waals surface area contributed by atoms with Crippen molar-refractivity contribution in [3.63, 3.8) is 0 Å². The molecule has 1 aromatic carbocycles. The van der Waals surface area contributed by atoms with Crippen LogP contribution in [0.3, 0.4) is 0 Å². The SMILES string of the molecule is C=CCC(O)Cc1ccc(C(F)(F)F)cc1. The Morgan fingerprint density at radius 1 is 1.25 bits per heavy atom. The second-order valence-electron chi connectivity index (χ2n) is 3.58. The van der Waals surface area contributed by atoms with E-state index in [9.17, 15) is 18.3 Å². The quantitative estimate of drug-likeness (QED) is 0.787. The average Bonchev–Trinajstić information content (AvgIpc) is 2.17. The fraction of sp³-hybridized carbons (Fsp3) is 0.333. The highest BCUT2D eigenvalue weighted by Crippen LogP contribution is 2.29. The minimum absolute atomic E-state index is 0.337. The van der Waals surface area contributed by atoms with Crippen molar-refractivity contribution in [1.82, 2.24) is 0 Å². The summed E-state index contributed by atoms with van der Waals surface area (Å²) in [5, 5.41) is 9.44. The van der Waals surface area contributed by atoms with Crippen LogP contribution in [-0.2, 0) is 12.6 Å². The van der Waals surface area contributed by atoms with E-state index in [1.165, 1.54) is 12.1 Å². The summed E-state index contributed by atoms with van der Waals surface area (Å²) in [5.74, 6) is 0. The van der Waals surface area contributed by atoms with Crippen LogP contribution in [0, 0.1) is 0 Å². The first-order valence-corrected chi connectivity index (χ1v) is 4.88. The summed E-state index contributed by atoms with van der Waals surface area (Å²) in [6.07, 6.45) is -2.55. The Morgan fingerprint density at radius 3 is 2.25 bits per heavy atom. The normalized spacial score (nSPS) is 13.5. The van der Waals surface area contributed by atoms with Gasteiger partial charge >= 0.3 is 6.18 Å². The minimum Gasteiger partial charge on any atom is -0.392 e. The molecule has 0 aliphatic rings. The first-order chi connectivity index (χ1) is 7.43. The van der Waals surface area contributed by atoms with Crippen molar-refractivity contribution in [2.45, 2.75) is 25.1 Å². The molecule has 0 aliphatic heterocycles. The maximum Gasteiger partial charge on any atom is 0.416 e. The van der Waals surface area contributed by atoms with E-state index >= 15 is 0 Å². The molecular weight excluding hydrogens is 217 g/mol. The lowest BCUT2D eigenvalue weighted by molar-refractivity contribution is -0.137. The summed E-state index contributed by atoms with van der Waals surface area (Å²) in [6.45, 7) is 3.48. The summed E-state index contributed by atoms with van der Waals surface area (Å²) >= 11 is 0. The second kappa shape index (κ2) is 5.16. The van der Waals surface area contributed by atoms with Gasteiger partial charge in [0.2, 0.25) is 0 Å². The molecule has 1 unspecified atom stereocenters. The van der Waals surface area contributed by atoms with Gasteiger partial charge in [-0.2, -0.15) is 13.2 Å². The van der Waals surface area contributed by atoms with Gasteiger partial charge in [-0.15, -0.1) is 6.58 Å². The molecule has 0 fully saturated rings. The molecule has 0 heterocycles. The third kappa shape index (κ3) is 3.70. The van der Waals surface area contributed by atoms with Crippen molar-refractivity contribution < 1.29 is 18.3 Å². The Bertz CT molecular complexity index is 340. The smallest absolute Gasteiger partial charge is 0.392 e. The Balaban J connectivity index is 2.68. The number of hydrogen-bond donors (Lipinski definition) is 1. The lowest BCUT2D eigenvalue weighted by Gasteiger charge is -2.10. The first-order valence-electron chi connectivity index (χ1n) is 4.88. The van der Waals surface area contributed by atoms with E-state index < -0.39 is 17.8 Å². The standard InChI is InChI=1S/C12H13F3O/c1-2-3-11(16)8-9-4-6-10(7-5-9)12(13,14)15/h2,4-7,11,16H,1,3,8H2. The third-order valence-corrected chi connectivity index (χ3v) is 2.19. The Hall–Kier alpha value is -1.29. The van der Waals surface area contributed by atoms with Crippen molar-refractivity contribution in [1.29, 1.82) is 0 Å². The van der Waals surface area contributed by atoms with Crippen LogP contribution in [0.15, 0.2) is 36.9 Å². The largest absolute Gasteiger partial charge is 0.416 e. The van der Waals surface area contributed by atoms with E-state index in [-0.39, 0.29) is 0 Å². The summed E-state index contributed by atoms with van der Waals surface area (Å²) in [4.78, 5) is 0. The van der Waals surface area contributed by atoms with E-state index in [1.54, 1.807) is 6.08 Å². The van der Waals surface area contributed by atoms with Crippen molar-refractivity contribution in [2.24, 2.45) is 0 Å². The minimum atomic E-state index is -4.31. The molecule has 0 spiro atoms. The Morgan fingerprint density at radius 2 is 1.81 bits per heavy atom. The van der Waals surface area contributed by atoms with Crippen LogP contribution in [0.5, 0.6) is 0 Å². The predicted molar refractivity (Wildman–Crippen MR) is 56.0 cm³/mol. The average molecular weight is 230 g/mol. The van der Waals surface area contributed by atoms with E-state index in [4.69, 9.17) is 0 Å². The molecular formula is C12H13F3O. The maximum atomic E-state index is 12.2. The van der Waals surface area contributed by atoms with Gasteiger partial charge in [0.15, 0.2) is 0 Å². The van der Waals surface area contributed by atoms with E-state index in [2.05, 4.69) is 6.58 Å². The molecule has 0 radical (unpaired) electrons. The molecule has 0 amide bonds. The van der Waals surface area contributed by atoms with E-state index in [1.807, 2.05) is 0 Å².